The first-order chi connectivity index (χ1) is 9.83. The van der Waals surface area contributed by atoms with E-state index in [9.17, 15) is 18.8 Å². The molecule has 0 bridgehead atoms. The highest BCUT2D eigenvalue weighted by molar-refractivity contribution is 9.10. The van der Waals surface area contributed by atoms with E-state index < -0.39 is 33.8 Å². The van der Waals surface area contributed by atoms with Crippen LogP contribution in [0.5, 0.6) is 0 Å². The van der Waals surface area contributed by atoms with Gasteiger partial charge in [-0.1, -0.05) is 15.9 Å². The van der Waals surface area contributed by atoms with Crippen molar-refractivity contribution in [1.82, 2.24) is 0 Å². The van der Waals surface area contributed by atoms with Gasteiger partial charge in [0.15, 0.2) is 5.54 Å². The second-order valence-corrected chi connectivity index (χ2v) is 5.63. The lowest BCUT2D eigenvalue weighted by Gasteiger charge is -2.33. The molecule has 1 aliphatic heterocycles. The standard InChI is InChI=1S/C14H13BrFNO4/c1-3-21-13(20)14(2)11(15)10(18)12(19)17(14)9-6-4-8(16)5-7-9/h4-7,11H,3H2,1-2H3. The molecule has 21 heavy (non-hydrogen) atoms. The third-order valence-corrected chi connectivity index (χ3v) is 4.68. The highest BCUT2D eigenvalue weighted by atomic mass is 79.9. The molecule has 2 atom stereocenters. The van der Waals surface area contributed by atoms with E-state index in [0.717, 1.165) is 17.0 Å². The molecule has 0 radical (unpaired) electrons. The number of nitrogens with zero attached hydrogens (tertiary/aromatic N) is 1. The molecule has 1 fully saturated rings. The van der Waals surface area contributed by atoms with E-state index in [2.05, 4.69) is 15.9 Å². The van der Waals surface area contributed by atoms with Crippen LogP contribution in [0.1, 0.15) is 13.8 Å². The second kappa shape index (κ2) is 5.55. The summed E-state index contributed by atoms with van der Waals surface area (Å²) in [6, 6.07) is 4.98. The average Bonchev–Trinajstić information content (AvgIpc) is 2.63. The zero-order valence-electron chi connectivity index (χ0n) is 11.4. The molecule has 2 unspecified atom stereocenters. The minimum absolute atomic E-state index is 0.119. The Morgan fingerprint density at radius 1 is 1.38 bits per heavy atom. The number of benzene rings is 1. The third-order valence-electron chi connectivity index (χ3n) is 3.38. The van der Waals surface area contributed by atoms with Crippen LogP contribution in [0.25, 0.3) is 0 Å². The van der Waals surface area contributed by atoms with Crippen LogP contribution in [0, 0.1) is 5.82 Å². The van der Waals surface area contributed by atoms with Crippen LogP contribution < -0.4 is 4.90 Å². The number of ketones is 1. The highest BCUT2D eigenvalue weighted by Gasteiger charge is 2.60. The molecule has 5 nitrogen and oxygen atoms in total. The quantitative estimate of drug-likeness (QED) is 0.470. The van der Waals surface area contributed by atoms with Crippen LogP contribution in [0.4, 0.5) is 10.1 Å². The van der Waals surface area contributed by atoms with E-state index in [1.807, 2.05) is 0 Å². The number of anilines is 1. The Balaban J connectivity index is 2.53. The Kier molecular flexibility index (Phi) is 4.13. The largest absolute Gasteiger partial charge is 0.464 e. The van der Waals surface area contributed by atoms with Gasteiger partial charge in [0, 0.05) is 5.69 Å². The van der Waals surface area contributed by atoms with Crippen molar-refractivity contribution in [2.75, 3.05) is 11.5 Å². The van der Waals surface area contributed by atoms with Crippen molar-refractivity contribution in [2.45, 2.75) is 24.2 Å². The second-order valence-electron chi connectivity index (χ2n) is 4.71. The zero-order chi connectivity index (χ0) is 15.8. The Hall–Kier alpha value is -1.76. The van der Waals surface area contributed by atoms with Gasteiger partial charge in [0.2, 0.25) is 5.78 Å². The Morgan fingerprint density at radius 2 is 1.95 bits per heavy atom. The van der Waals surface area contributed by atoms with E-state index >= 15 is 0 Å². The lowest BCUT2D eigenvalue weighted by Crippen LogP contribution is -2.55. The minimum Gasteiger partial charge on any atom is -0.464 e. The molecule has 1 heterocycles. The van der Waals surface area contributed by atoms with Gasteiger partial charge in [0.1, 0.15) is 10.6 Å². The molecule has 1 aliphatic rings. The summed E-state index contributed by atoms with van der Waals surface area (Å²) >= 11 is 3.10. The van der Waals surface area contributed by atoms with Crippen LogP contribution in [-0.2, 0) is 19.1 Å². The summed E-state index contributed by atoms with van der Waals surface area (Å²) in [5, 5.41) is 0. The minimum atomic E-state index is -1.51. The lowest BCUT2D eigenvalue weighted by molar-refractivity contribution is -0.149. The van der Waals surface area contributed by atoms with Crippen LogP contribution in [0.15, 0.2) is 24.3 Å². The van der Waals surface area contributed by atoms with E-state index in [-0.39, 0.29) is 12.3 Å². The molecule has 7 heteroatoms. The number of carbonyl (C=O) groups excluding carboxylic acids is 3. The monoisotopic (exact) mass is 357 g/mol. The van der Waals surface area contributed by atoms with Gasteiger partial charge in [-0.15, -0.1) is 0 Å². The number of halogens is 2. The molecule has 1 amide bonds. The first-order valence-corrected chi connectivity index (χ1v) is 7.20. The highest BCUT2D eigenvalue weighted by Crippen LogP contribution is 2.38. The van der Waals surface area contributed by atoms with Gasteiger partial charge in [-0.05, 0) is 38.1 Å². The number of rotatable bonds is 3. The summed E-state index contributed by atoms with van der Waals surface area (Å²) in [4.78, 5) is 36.4. The molecule has 0 aromatic heterocycles. The number of hydrogen-bond donors (Lipinski definition) is 0. The van der Waals surface area contributed by atoms with Crippen molar-refractivity contribution in [2.24, 2.45) is 0 Å². The van der Waals surface area contributed by atoms with Gasteiger partial charge in [-0.2, -0.15) is 0 Å². The predicted octanol–water partition coefficient (Wildman–Crippen LogP) is 1.83. The lowest BCUT2D eigenvalue weighted by atomic mass is 9.98. The van der Waals surface area contributed by atoms with Crippen molar-refractivity contribution in [3.8, 4) is 0 Å². The summed E-state index contributed by atoms with van der Waals surface area (Å²) in [6.45, 7) is 3.19. The third kappa shape index (κ3) is 2.35. The maximum atomic E-state index is 13.0. The molecule has 0 spiro atoms. The molecule has 0 aliphatic carbocycles. The topological polar surface area (TPSA) is 63.7 Å². The molecular weight excluding hydrogens is 345 g/mol. The van der Waals surface area contributed by atoms with Crippen molar-refractivity contribution in [3.63, 3.8) is 0 Å². The summed E-state index contributed by atoms with van der Waals surface area (Å²) in [5.41, 5.74) is -1.26. The van der Waals surface area contributed by atoms with Gasteiger partial charge in [-0.25, -0.2) is 9.18 Å². The van der Waals surface area contributed by atoms with Gasteiger partial charge >= 0.3 is 5.97 Å². The molecule has 1 aromatic rings. The van der Waals surface area contributed by atoms with Crippen molar-refractivity contribution in [3.05, 3.63) is 30.1 Å². The van der Waals surface area contributed by atoms with Gasteiger partial charge in [0.25, 0.3) is 5.91 Å². The molecule has 2 rings (SSSR count). The summed E-state index contributed by atoms with van der Waals surface area (Å²) < 4.78 is 18.0. The maximum Gasteiger partial charge on any atom is 0.333 e. The first kappa shape index (κ1) is 15.6. The molecule has 112 valence electrons. The van der Waals surface area contributed by atoms with E-state index in [1.54, 1.807) is 6.92 Å². The fourth-order valence-corrected chi connectivity index (χ4v) is 2.83. The van der Waals surface area contributed by atoms with Crippen LogP contribution >= 0.6 is 15.9 Å². The fourth-order valence-electron chi connectivity index (χ4n) is 2.25. The summed E-state index contributed by atoms with van der Waals surface area (Å²) in [6.07, 6.45) is 0. The van der Waals surface area contributed by atoms with Gasteiger partial charge in [-0.3, -0.25) is 14.5 Å². The molecular formula is C14H13BrFNO4. The normalized spacial score (nSPS) is 25.3. The van der Waals surface area contributed by atoms with Crippen molar-refractivity contribution < 1.29 is 23.5 Å². The number of hydrogen-bond acceptors (Lipinski definition) is 4. The molecule has 1 saturated heterocycles. The average molecular weight is 358 g/mol. The summed E-state index contributed by atoms with van der Waals surface area (Å²) in [7, 11) is 0. The van der Waals surface area contributed by atoms with Crippen LogP contribution in [0.3, 0.4) is 0 Å². The fraction of sp³-hybridized carbons (Fsp3) is 0.357. The molecule has 0 N–H and O–H groups in total. The number of alkyl halides is 1. The zero-order valence-corrected chi connectivity index (χ0v) is 13.0. The number of esters is 1. The Morgan fingerprint density at radius 3 is 2.48 bits per heavy atom. The first-order valence-electron chi connectivity index (χ1n) is 6.29. The summed E-state index contributed by atoms with van der Waals surface area (Å²) in [5.74, 6) is -2.76. The molecule has 0 saturated carbocycles. The predicted molar refractivity (Wildman–Crippen MR) is 76.6 cm³/mol. The number of ether oxygens (including phenoxy) is 1. The van der Waals surface area contributed by atoms with E-state index in [4.69, 9.17) is 4.74 Å². The van der Waals surface area contributed by atoms with Gasteiger partial charge < -0.3 is 4.74 Å². The Labute approximate surface area is 129 Å². The maximum absolute atomic E-state index is 13.0. The van der Waals surface area contributed by atoms with Crippen LogP contribution in [-0.4, -0.2) is 34.6 Å². The van der Waals surface area contributed by atoms with Gasteiger partial charge in [0.05, 0.1) is 6.61 Å². The van der Waals surface area contributed by atoms with E-state index in [0.29, 0.717) is 0 Å². The van der Waals surface area contributed by atoms with Crippen molar-refractivity contribution in [1.29, 1.82) is 0 Å². The van der Waals surface area contributed by atoms with Crippen molar-refractivity contribution >= 4 is 39.3 Å². The molecule has 1 aromatic carbocycles. The number of amides is 1. The van der Waals surface area contributed by atoms with E-state index in [1.165, 1.54) is 19.1 Å². The Bertz CT molecular complexity index is 603. The van der Waals surface area contributed by atoms with Crippen LogP contribution in [0.2, 0.25) is 0 Å². The number of carbonyl (C=O) groups is 3. The smallest absolute Gasteiger partial charge is 0.333 e. The SMILES string of the molecule is CCOC(=O)C1(C)C(Br)C(=O)C(=O)N1c1ccc(F)cc1. The number of Topliss-reactive ketones (excluding diaryl/α,β-unsaturated/α-hetero) is 1.